The molecule has 1 heterocycles. The number of ether oxygens (including phenoxy) is 1. The van der Waals surface area contributed by atoms with E-state index in [0.29, 0.717) is 16.3 Å². The number of amides is 2. The Kier molecular flexibility index (Phi) is 3.76. The molecular weight excluding hydrogens is 268 g/mol. The van der Waals surface area contributed by atoms with E-state index in [4.69, 9.17) is 22.1 Å². The number of rotatable bonds is 3. The number of fused-ring (bicyclic) bond motifs is 1. The first-order valence-electron chi connectivity index (χ1n) is 5.70. The van der Waals surface area contributed by atoms with Crippen LogP contribution in [0.1, 0.15) is 12.5 Å². The third kappa shape index (κ3) is 3.06. The van der Waals surface area contributed by atoms with E-state index in [0.717, 1.165) is 5.56 Å². The number of carbonyl (C=O) groups is 2. The molecule has 0 spiro atoms. The number of hydrogen-bond donors (Lipinski definition) is 2. The highest BCUT2D eigenvalue weighted by atomic mass is 35.5. The van der Waals surface area contributed by atoms with Gasteiger partial charge in [-0.1, -0.05) is 11.6 Å². The summed E-state index contributed by atoms with van der Waals surface area (Å²) in [6, 6.07) is 4.44. The zero-order chi connectivity index (χ0) is 14.0. The lowest BCUT2D eigenvalue weighted by atomic mass is 10.1. The molecular formula is C13H13ClN2O3. The maximum absolute atomic E-state index is 11.9. The van der Waals surface area contributed by atoms with Crippen molar-refractivity contribution in [1.29, 1.82) is 0 Å². The van der Waals surface area contributed by atoms with E-state index in [1.54, 1.807) is 24.3 Å². The number of hydrogen-bond acceptors (Lipinski definition) is 3. The van der Waals surface area contributed by atoms with Gasteiger partial charge < -0.3 is 15.8 Å². The topological polar surface area (TPSA) is 81.4 Å². The molecule has 1 aliphatic rings. The minimum atomic E-state index is -0.728. The summed E-state index contributed by atoms with van der Waals surface area (Å²) in [5.41, 5.74) is 6.24. The molecule has 1 aromatic rings. The van der Waals surface area contributed by atoms with Gasteiger partial charge in [-0.25, -0.2) is 0 Å². The van der Waals surface area contributed by atoms with E-state index in [9.17, 15) is 9.59 Å². The first-order chi connectivity index (χ1) is 8.97. The van der Waals surface area contributed by atoms with Crippen LogP contribution in [0, 0.1) is 0 Å². The van der Waals surface area contributed by atoms with Crippen molar-refractivity contribution in [2.45, 2.75) is 13.0 Å². The lowest BCUT2D eigenvalue weighted by Gasteiger charge is -2.19. The molecule has 0 bridgehead atoms. The van der Waals surface area contributed by atoms with Crippen LogP contribution in [0.15, 0.2) is 23.8 Å². The van der Waals surface area contributed by atoms with Gasteiger partial charge in [0.1, 0.15) is 18.4 Å². The molecule has 0 radical (unpaired) electrons. The fraction of sp³-hybridized carbons (Fsp3) is 0.231. The van der Waals surface area contributed by atoms with Crippen LogP contribution < -0.4 is 15.8 Å². The molecule has 0 unspecified atom stereocenters. The number of nitrogens with two attached hydrogens (primary N) is 1. The van der Waals surface area contributed by atoms with E-state index >= 15 is 0 Å². The molecule has 0 saturated carbocycles. The molecule has 1 aliphatic heterocycles. The number of halogens is 1. The van der Waals surface area contributed by atoms with Gasteiger partial charge in [0.05, 0.1) is 5.57 Å². The van der Waals surface area contributed by atoms with Crippen LogP contribution in [-0.2, 0) is 9.59 Å². The van der Waals surface area contributed by atoms with Crippen LogP contribution in [0.5, 0.6) is 5.75 Å². The molecule has 2 amide bonds. The van der Waals surface area contributed by atoms with E-state index in [2.05, 4.69) is 5.32 Å². The van der Waals surface area contributed by atoms with Crippen molar-refractivity contribution < 1.29 is 14.3 Å². The molecule has 0 aromatic heterocycles. The molecule has 0 fully saturated rings. The zero-order valence-corrected chi connectivity index (χ0v) is 11.0. The number of nitrogens with one attached hydrogen (secondary N) is 1. The average molecular weight is 281 g/mol. The second-order valence-corrected chi connectivity index (χ2v) is 4.67. The summed E-state index contributed by atoms with van der Waals surface area (Å²) >= 11 is 5.88. The van der Waals surface area contributed by atoms with Crippen LogP contribution in [0.3, 0.4) is 0 Å². The fourth-order valence-electron chi connectivity index (χ4n) is 1.64. The van der Waals surface area contributed by atoms with Crippen LogP contribution in [-0.4, -0.2) is 24.5 Å². The quantitative estimate of drug-likeness (QED) is 0.870. The Morgan fingerprint density at radius 1 is 1.47 bits per heavy atom. The van der Waals surface area contributed by atoms with Gasteiger partial charge in [0.2, 0.25) is 5.91 Å². The highest BCUT2D eigenvalue weighted by molar-refractivity contribution is 6.30. The third-order valence-corrected chi connectivity index (χ3v) is 2.99. The van der Waals surface area contributed by atoms with Crippen molar-refractivity contribution in [3.63, 3.8) is 0 Å². The monoisotopic (exact) mass is 280 g/mol. The summed E-state index contributed by atoms with van der Waals surface area (Å²) < 4.78 is 5.45. The lowest BCUT2D eigenvalue weighted by Crippen LogP contribution is -2.43. The minimum Gasteiger partial charge on any atom is -0.488 e. The van der Waals surface area contributed by atoms with E-state index < -0.39 is 11.9 Å². The maximum atomic E-state index is 11.9. The molecule has 3 N–H and O–H groups in total. The van der Waals surface area contributed by atoms with Crippen LogP contribution in [0.2, 0.25) is 5.02 Å². The van der Waals surface area contributed by atoms with E-state index in [-0.39, 0.29) is 12.5 Å². The Balaban J connectivity index is 2.18. The van der Waals surface area contributed by atoms with Gasteiger partial charge in [-0.05, 0) is 31.2 Å². The van der Waals surface area contributed by atoms with Crippen molar-refractivity contribution in [2.75, 3.05) is 6.61 Å². The van der Waals surface area contributed by atoms with Crippen molar-refractivity contribution >= 4 is 29.5 Å². The molecule has 1 aromatic carbocycles. The smallest absolute Gasteiger partial charge is 0.251 e. The molecule has 19 heavy (non-hydrogen) atoms. The van der Waals surface area contributed by atoms with Gasteiger partial charge in [-0.15, -0.1) is 0 Å². The van der Waals surface area contributed by atoms with Gasteiger partial charge in [-0.2, -0.15) is 0 Å². The van der Waals surface area contributed by atoms with E-state index in [1.807, 2.05) is 0 Å². The van der Waals surface area contributed by atoms with Gasteiger partial charge in [-0.3, -0.25) is 9.59 Å². The Morgan fingerprint density at radius 3 is 2.89 bits per heavy atom. The summed E-state index contributed by atoms with van der Waals surface area (Å²) in [5.74, 6) is -0.296. The van der Waals surface area contributed by atoms with Crippen LogP contribution >= 0.6 is 11.6 Å². The standard InChI is InChI=1S/C13H13ClN2O3/c1-7(12(15)17)16-13(18)9-4-8-5-10(14)2-3-11(8)19-6-9/h2-5,7H,6H2,1H3,(H2,15,17)(H,16,18)/t7-/m0/s1. The lowest BCUT2D eigenvalue weighted by molar-refractivity contribution is -0.125. The molecule has 100 valence electrons. The predicted molar refractivity (Wildman–Crippen MR) is 71.7 cm³/mol. The summed E-state index contributed by atoms with van der Waals surface area (Å²) in [7, 11) is 0. The van der Waals surface area contributed by atoms with Gasteiger partial charge in [0, 0.05) is 10.6 Å². The summed E-state index contributed by atoms with van der Waals surface area (Å²) in [6.07, 6.45) is 1.69. The molecule has 0 saturated heterocycles. The second kappa shape index (κ2) is 5.32. The predicted octanol–water partition coefficient (Wildman–Crippen LogP) is 1.11. The molecule has 2 rings (SSSR count). The first-order valence-corrected chi connectivity index (χ1v) is 6.08. The third-order valence-electron chi connectivity index (χ3n) is 2.75. The Morgan fingerprint density at radius 2 is 2.21 bits per heavy atom. The van der Waals surface area contributed by atoms with E-state index in [1.165, 1.54) is 6.92 Å². The molecule has 0 aliphatic carbocycles. The highest BCUT2D eigenvalue weighted by Gasteiger charge is 2.20. The second-order valence-electron chi connectivity index (χ2n) is 4.24. The van der Waals surface area contributed by atoms with Crippen LogP contribution in [0.25, 0.3) is 6.08 Å². The van der Waals surface area contributed by atoms with Crippen molar-refractivity contribution in [1.82, 2.24) is 5.32 Å². The highest BCUT2D eigenvalue weighted by Crippen LogP contribution is 2.28. The normalized spacial score (nSPS) is 14.7. The van der Waals surface area contributed by atoms with Gasteiger partial charge in [0.15, 0.2) is 0 Å². The summed E-state index contributed by atoms with van der Waals surface area (Å²) in [6.45, 7) is 1.67. The number of carbonyl (C=O) groups excluding carboxylic acids is 2. The maximum Gasteiger partial charge on any atom is 0.251 e. The Labute approximate surface area is 115 Å². The molecule has 6 heteroatoms. The molecule has 5 nitrogen and oxygen atoms in total. The average Bonchev–Trinajstić information content (AvgIpc) is 2.37. The van der Waals surface area contributed by atoms with Gasteiger partial charge >= 0.3 is 0 Å². The van der Waals surface area contributed by atoms with Crippen molar-refractivity contribution in [3.05, 3.63) is 34.4 Å². The van der Waals surface area contributed by atoms with Crippen molar-refractivity contribution in [3.8, 4) is 5.75 Å². The molecule has 1 atom stereocenters. The fourth-order valence-corrected chi connectivity index (χ4v) is 1.82. The summed E-state index contributed by atoms with van der Waals surface area (Å²) in [4.78, 5) is 22.8. The largest absolute Gasteiger partial charge is 0.488 e. The zero-order valence-electron chi connectivity index (χ0n) is 10.3. The number of benzene rings is 1. The SMILES string of the molecule is C[C@H](NC(=O)C1=Cc2cc(Cl)ccc2OC1)C(N)=O. The first kappa shape index (κ1) is 13.4. The van der Waals surface area contributed by atoms with Gasteiger partial charge in [0.25, 0.3) is 5.91 Å². The Hall–Kier alpha value is -2.01. The number of primary amides is 1. The Bertz CT molecular complexity index is 569. The minimum absolute atomic E-state index is 0.145. The van der Waals surface area contributed by atoms with Crippen molar-refractivity contribution in [2.24, 2.45) is 5.73 Å². The van der Waals surface area contributed by atoms with Crippen LogP contribution in [0.4, 0.5) is 0 Å². The summed E-state index contributed by atoms with van der Waals surface area (Å²) in [5, 5.41) is 3.06.